The molecule has 0 saturated carbocycles. The van der Waals surface area contributed by atoms with E-state index in [1.165, 1.54) is 11.8 Å². The largest absolute Gasteiger partial charge is 0.479 e. The summed E-state index contributed by atoms with van der Waals surface area (Å²) in [5, 5.41) is 119. The molecule has 0 radical (unpaired) electrons. The fourth-order valence-electron chi connectivity index (χ4n) is 6.88. The van der Waals surface area contributed by atoms with Crippen LogP contribution in [0, 0.1) is 0 Å². The van der Waals surface area contributed by atoms with Gasteiger partial charge < -0.3 is 110 Å². The van der Waals surface area contributed by atoms with Crippen LogP contribution in [-0.2, 0) is 57.1 Å². The monoisotopic (exact) mass is 893 g/mol. The van der Waals surface area contributed by atoms with E-state index in [-0.39, 0.29) is 6.61 Å². The maximum Gasteiger partial charge on any atom is 0.335 e. The van der Waals surface area contributed by atoms with Gasteiger partial charge in [0.2, 0.25) is 11.8 Å². The Labute approximate surface area is 345 Å². The number of aliphatic hydroxyl groups excluding tert-OH is 9. The molecular weight excluding hydrogens is 838 g/mol. The molecule has 60 heavy (non-hydrogen) atoms. The van der Waals surface area contributed by atoms with Crippen molar-refractivity contribution in [3.8, 4) is 0 Å². The second-order valence-corrected chi connectivity index (χ2v) is 15.6. The van der Waals surface area contributed by atoms with Gasteiger partial charge in [-0.15, -0.1) is 0 Å². The van der Waals surface area contributed by atoms with Crippen molar-refractivity contribution in [2.24, 2.45) is 5.73 Å². The van der Waals surface area contributed by atoms with Crippen molar-refractivity contribution in [3.63, 3.8) is 0 Å². The molecule has 4 heterocycles. The number of thioether (sulfide) groups is 1. The van der Waals surface area contributed by atoms with E-state index in [1.54, 1.807) is 0 Å². The van der Waals surface area contributed by atoms with Crippen molar-refractivity contribution in [1.29, 1.82) is 0 Å². The third kappa shape index (κ3) is 12.2. The molecule has 4 rings (SSSR count). The van der Waals surface area contributed by atoms with E-state index in [4.69, 9.17) is 43.6 Å². The van der Waals surface area contributed by atoms with Gasteiger partial charge in [-0.25, -0.2) is 9.59 Å². The van der Waals surface area contributed by atoms with Gasteiger partial charge in [0, 0.05) is 26.1 Å². The van der Waals surface area contributed by atoms with Gasteiger partial charge in [0.25, 0.3) is 0 Å². The normalized spacial score (nSPS) is 42.3. The molecule has 0 unspecified atom stereocenters. The van der Waals surface area contributed by atoms with Crippen LogP contribution in [0.5, 0.6) is 0 Å². The van der Waals surface area contributed by atoms with Crippen LogP contribution in [0.2, 0.25) is 0 Å². The Hall–Kier alpha value is -2.49. The number of amides is 2. The van der Waals surface area contributed by atoms with Crippen LogP contribution >= 0.6 is 11.8 Å². The number of carbonyl (C=O) groups excluding carboxylic acids is 2. The molecule has 0 aromatic rings. The first-order valence-electron chi connectivity index (χ1n) is 18.8. The second kappa shape index (κ2) is 22.7. The summed E-state index contributed by atoms with van der Waals surface area (Å²) in [6, 6.07) is -3.03. The van der Waals surface area contributed by atoms with Gasteiger partial charge >= 0.3 is 11.9 Å². The summed E-state index contributed by atoms with van der Waals surface area (Å²) in [5.74, 6) is -3.70. The standard InChI is InChI=1S/C33H55N3O23S/c1-10(38)35-14-25(57-33-23(47)19(43)21(45)27(59-33)29(50)51)17(41)13(55-30(14)52-5-3-6-60-7-4-34)9-53-31-15(36-11(2)39)24(16(40)12(8-37)54-31)56-32-22(46)18(42)20(44)26(58-32)28(48)49/h12-27,30-33,37,40-47H,3-9,34H2,1-2H3,(H,35,38)(H,36,39)(H,48,49)(H,50,51)/t12-,13-,14-,15-,16-,17-,18+,19+,20+,21+,22-,23-,24-,25-,26+,27+,30-,31-,32-,33-/m1/s1. The molecule has 15 N–H and O–H groups in total. The lowest BCUT2D eigenvalue weighted by atomic mass is 9.94. The highest BCUT2D eigenvalue weighted by Crippen LogP contribution is 2.33. The Kier molecular flexibility index (Phi) is 19.0. The molecule has 2 amide bonds. The molecule has 0 aliphatic carbocycles. The number of hydrogen-bond donors (Lipinski definition) is 14. The van der Waals surface area contributed by atoms with Gasteiger partial charge in [-0.3, -0.25) is 9.59 Å². The molecule has 26 nitrogen and oxygen atoms in total. The highest BCUT2D eigenvalue weighted by Gasteiger charge is 2.55. The van der Waals surface area contributed by atoms with E-state index >= 15 is 0 Å². The van der Waals surface area contributed by atoms with Crippen LogP contribution in [0.15, 0.2) is 0 Å². The number of carboxylic acid groups (broad SMARTS) is 2. The van der Waals surface area contributed by atoms with Gasteiger partial charge in [-0.05, 0) is 12.2 Å². The van der Waals surface area contributed by atoms with Crippen molar-refractivity contribution in [2.75, 3.05) is 37.9 Å². The number of nitrogens with one attached hydrogen (secondary N) is 2. The first-order valence-corrected chi connectivity index (χ1v) is 20.0. The van der Waals surface area contributed by atoms with Gasteiger partial charge in [-0.1, -0.05) is 0 Å². The lowest BCUT2D eigenvalue weighted by Gasteiger charge is -2.48. The average molecular weight is 894 g/mol. The van der Waals surface area contributed by atoms with Crippen molar-refractivity contribution in [1.82, 2.24) is 10.6 Å². The average Bonchev–Trinajstić information content (AvgIpc) is 3.18. The molecule has 20 atom stereocenters. The van der Waals surface area contributed by atoms with E-state index in [0.717, 1.165) is 13.8 Å². The molecule has 4 aliphatic rings. The zero-order chi connectivity index (χ0) is 44.6. The summed E-state index contributed by atoms with van der Waals surface area (Å²) in [6.07, 6.45) is -34.2. The van der Waals surface area contributed by atoms with Crippen molar-refractivity contribution >= 4 is 35.5 Å². The number of aliphatic hydroxyl groups is 9. The number of carboxylic acids is 2. The van der Waals surface area contributed by atoms with Crippen LogP contribution in [0.25, 0.3) is 0 Å². The molecule has 27 heteroatoms. The minimum absolute atomic E-state index is 0.00174. The molecule has 4 fully saturated rings. The summed E-state index contributed by atoms with van der Waals surface area (Å²) in [5.41, 5.74) is 5.55. The second-order valence-electron chi connectivity index (χ2n) is 14.3. The zero-order valence-corrected chi connectivity index (χ0v) is 33.1. The molecule has 346 valence electrons. The first-order chi connectivity index (χ1) is 28.3. The van der Waals surface area contributed by atoms with Crippen LogP contribution in [-0.4, -0.2) is 240 Å². The fraction of sp³-hybridized carbons (Fsp3) is 0.879. The number of hydrogen-bond acceptors (Lipinski definition) is 23. The first kappa shape index (κ1) is 50.2. The lowest BCUT2D eigenvalue weighted by molar-refractivity contribution is -0.352. The third-order valence-electron chi connectivity index (χ3n) is 9.88. The highest BCUT2D eigenvalue weighted by atomic mass is 32.2. The number of aliphatic carboxylic acids is 2. The SMILES string of the molecule is CC(=O)N[C@H]1[C@H](OC[C@H]2O[C@@H](OCCCSCCN)[C@H](NC(C)=O)[C@@H](O[C@@H]3O[C@H](C(=O)O)[C@@H](O)[C@H](O)[C@H]3O)[C@@H]2O)O[C@H](CO)[C@@H](O)[C@@H]1O[C@@H]1O[C@H](C(=O)O)[C@@H](O)[C@H](O)[C@H]1O. The Balaban J connectivity index is 1.63. The van der Waals surface area contributed by atoms with E-state index in [0.29, 0.717) is 24.5 Å². The number of nitrogens with two attached hydrogens (primary N) is 1. The predicted octanol–water partition coefficient (Wildman–Crippen LogP) is -8.17. The molecule has 4 aliphatic heterocycles. The fourth-order valence-corrected chi connectivity index (χ4v) is 7.57. The maximum atomic E-state index is 12.4. The van der Waals surface area contributed by atoms with Gasteiger partial charge in [0.15, 0.2) is 37.4 Å². The summed E-state index contributed by atoms with van der Waals surface area (Å²) >= 11 is 1.52. The summed E-state index contributed by atoms with van der Waals surface area (Å²) in [4.78, 5) is 48.4. The number of carbonyl (C=O) groups is 4. The van der Waals surface area contributed by atoms with Crippen LogP contribution in [0.3, 0.4) is 0 Å². The zero-order valence-electron chi connectivity index (χ0n) is 32.3. The topological polar surface area (TPSA) is 415 Å². The van der Waals surface area contributed by atoms with Crippen molar-refractivity contribution in [3.05, 3.63) is 0 Å². The Bertz CT molecular complexity index is 1420. The smallest absolute Gasteiger partial charge is 0.335 e. The minimum Gasteiger partial charge on any atom is -0.479 e. The van der Waals surface area contributed by atoms with Crippen molar-refractivity contribution in [2.45, 2.75) is 143 Å². The molecule has 0 aromatic heterocycles. The van der Waals surface area contributed by atoms with E-state index in [2.05, 4.69) is 10.6 Å². The predicted molar refractivity (Wildman–Crippen MR) is 193 cm³/mol. The summed E-state index contributed by atoms with van der Waals surface area (Å²) in [7, 11) is 0. The minimum atomic E-state index is -2.12. The van der Waals surface area contributed by atoms with E-state index in [9.17, 15) is 75.3 Å². The number of rotatable bonds is 19. The van der Waals surface area contributed by atoms with Crippen LogP contribution in [0.1, 0.15) is 20.3 Å². The van der Waals surface area contributed by atoms with E-state index in [1.807, 2.05) is 0 Å². The molecule has 4 saturated heterocycles. The summed E-state index contributed by atoms with van der Waals surface area (Å²) in [6.45, 7) is 0.921. The molecule has 0 spiro atoms. The number of ether oxygens (including phenoxy) is 8. The van der Waals surface area contributed by atoms with Gasteiger partial charge in [0.05, 0.1) is 19.8 Å². The molecule has 0 aromatic carbocycles. The Morgan fingerprint density at radius 1 is 0.600 bits per heavy atom. The van der Waals surface area contributed by atoms with Crippen LogP contribution < -0.4 is 16.4 Å². The van der Waals surface area contributed by atoms with Gasteiger partial charge in [-0.2, -0.15) is 11.8 Å². The quantitative estimate of drug-likeness (QED) is 0.0535. The lowest BCUT2D eigenvalue weighted by Crippen LogP contribution is -2.69. The third-order valence-corrected chi connectivity index (χ3v) is 11.0. The highest BCUT2D eigenvalue weighted by molar-refractivity contribution is 7.99. The summed E-state index contributed by atoms with van der Waals surface area (Å²) < 4.78 is 45.7. The van der Waals surface area contributed by atoms with Crippen LogP contribution in [0.4, 0.5) is 0 Å². The van der Waals surface area contributed by atoms with E-state index < -0.39 is 160 Å². The Morgan fingerprint density at radius 3 is 1.48 bits per heavy atom. The maximum absolute atomic E-state index is 12.4. The van der Waals surface area contributed by atoms with Crippen molar-refractivity contribution < 1.29 is 113 Å². The Morgan fingerprint density at radius 2 is 1.05 bits per heavy atom. The van der Waals surface area contributed by atoms with Gasteiger partial charge in [0.1, 0.15) is 85.3 Å². The molecule has 0 bridgehead atoms. The molecular formula is C33H55N3O23S.